The van der Waals surface area contributed by atoms with Gasteiger partial charge in [0.15, 0.2) is 0 Å². The molecule has 26 heavy (non-hydrogen) atoms. The van der Waals surface area contributed by atoms with Crippen molar-refractivity contribution in [3.8, 4) is 0 Å². The Morgan fingerprint density at radius 2 is 1.54 bits per heavy atom. The van der Waals surface area contributed by atoms with Crippen molar-refractivity contribution in [1.29, 1.82) is 0 Å². The third kappa shape index (κ3) is 2.98. The molecule has 0 radical (unpaired) electrons. The maximum absolute atomic E-state index is 12.4. The van der Waals surface area contributed by atoms with Crippen LogP contribution in [0, 0.1) is 0 Å². The summed E-state index contributed by atoms with van der Waals surface area (Å²) in [7, 11) is 0. The van der Waals surface area contributed by atoms with Gasteiger partial charge in [0.2, 0.25) is 11.6 Å². The molecule has 4 rings (SSSR count). The fourth-order valence-corrected chi connectivity index (χ4v) is 4.06. The van der Waals surface area contributed by atoms with E-state index in [1.54, 1.807) is 24.3 Å². The van der Waals surface area contributed by atoms with Crippen molar-refractivity contribution in [3.63, 3.8) is 0 Å². The number of aliphatic hydroxyl groups is 1. The molecule has 0 saturated heterocycles. The molecular formula is C23H22O3. The number of aliphatic hydroxyl groups excluding tert-OH is 1. The first-order valence-corrected chi connectivity index (χ1v) is 9.36. The van der Waals surface area contributed by atoms with E-state index >= 15 is 0 Å². The summed E-state index contributed by atoms with van der Waals surface area (Å²) < 4.78 is 0. The summed E-state index contributed by atoms with van der Waals surface area (Å²) in [6.45, 7) is 0. The molecule has 2 aliphatic carbocycles. The number of carbonyl (C=O) groups is 2. The van der Waals surface area contributed by atoms with Crippen LogP contribution in [0.1, 0.15) is 58.3 Å². The summed E-state index contributed by atoms with van der Waals surface area (Å²) in [6, 6.07) is 13.4. The zero-order chi connectivity index (χ0) is 18.1. The molecule has 0 aliphatic heterocycles. The molecule has 2 aliphatic rings. The standard InChI is InChI=1S/C23H22O3/c24-21-18-9-3-4-10-19(18)22(25)23(26)20(21)11-5-6-15-12-13-16-7-1-2-8-17(16)14-15/h3-4,9-10,12-14,24H,1-2,5-8,11H2. The average molecular weight is 346 g/mol. The van der Waals surface area contributed by atoms with Gasteiger partial charge in [0.05, 0.1) is 0 Å². The van der Waals surface area contributed by atoms with E-state index in [1.807, 2.05) is 0 Å². The number of aryl methyl sites for hydroxylation is 3. The Labute approximate surface area is 153 Å². The van der Waals surface area contributed by atoms with Crippen molar-refractivity contribution in [2.24, 2.45) is 0 Å². The number of hydrogen-bond donors (Lipinski definition) is 1. The minimum Gasteiger partial charge on any atom is -0.507 e. The summed E-state index contributed by atoms with van der Waals surface area (Å²) in [5.74, 6) is -1.11. The smallest absolute Gasteiger partial charge is 0.234 e. The van der Waals surface area contributed by atoms with Crippen LogP contribution in [0.4, 0.5) is 0 Å². The number of carbonyl (C=O) groups excluding carboxylic acids is 2. The summed E-state index contributed by atoms with van der Waals surface area (Å²) in [6.07, 6.45) is 6.85. The molecule has 0 aromatic heterocycles. The topological polar surface area (TPSA) is 54.4 Å². The minimum absolute atomic E-state index is 0.0318. The fraction of sp³-hybridized carbons (Fsp3) is 0.304. The molecule has 0 bridgehead atoms. The predicted octanol–water partition coefficient (Wildman–Crippen LogP) is 4.62. The molecule has 0 saturated carbocycles. The van der Waals surface area contributed by atoms with Gasteiger partial charge in [0, 0.05) is 16.7 Å². The van der Waals surface area contributed by atoms with E-state index in [0.29, 0.717) is 17.5 Å². The molecule has 0 fully saturated rings. The van der Waals surface area contributed by atoms with Gasteiger partial charge in [-0.25, -0.2) is 0 Å². The SMILES string of the molecule is O=C1C(=O)c2ccccc2C(O)=C1CCCc1ccc2c(c1)CCCC2. The van der Waals surface area contributed by atoms with Crippen molar-refractivity contribution in [1.82, 2.24) is 0 Å². The molecule has 2 aromatic carbocycles. The molecule has 0 amide bonds. The highest BCUT2D eigenvalue weighted by Crippen LogP contribution is 2.30. The van der Waals surface area contributed by atoms with Gasteiger partial charge in [-0.3, -0.25) is 9.59 Å². The quantitative estimate of drug-likeness (QED) is 0.822. The molecule has 2 aromatic rings. The summed E-state index contributed by atoms with van der Waals surface area (Å²) in [5.41, 5.74) is 5.21. The van der Waals surface area contributed by atoms with Crippen LogP contribution in [0.5, 0.6) is 0 Å². The number of benzene rings is 2. The zero-order valence-electron chi connectivity index (χ0n) is 14.8. The predicted molar refractivity (Wildman–Crippen MR) is 101 cm³/mol. The van der Waals surface area contributed by atoms with Gasteiger partial charge in [-0.2, -0.15) is 0 Å². The van der Waals surface area contributed by atoms with Gasteiger partial charge in [0.25, 0.3) is 0 Å². The van der Waals surface area contributed by atoms with Gasteiger partial charge in [0.1, 0.15) is 5.76 Å². The van der Waals surface area contributed by atoms with Crippen molar-refractivity contribution < 1.29 is 14.7 Å². The Morgan fingerprint density at radius 3 is 2.35 bits per heavy atom. The van der Waals surface area contributed by atoms with E-state index in [4.69, 9.17) is 0 Å². The fourth-order valence-electron chi connectivity index (χ4n) is 4.06. The Balaban J connectivity index is 1.49. The van der Waals surface area contributed by atoms with Crippen LogP contribution in [0.25, 0.3) is 5.76 Å². The van der Waals surface area contributed by atoms with Crippen molar-refractivity contribution in [2.45, 2.75) is 44.9 Å². The Kier molecular flexibility index (Phi) is 4.46. The Hall–Kier alpha value is -2.68. The van der Waals surface area contributed by atoms with E-state index in [2.05, 4.69) is 18.2 Å². The van der Waals surface area contributed by atoms with E-state index < -0.39 is 11.6 Å². The number of allylic oxidation sites excluding steroid dienone is 1. The lowest BCUT2D eigenvalue weighted by molar-refractivity contribution is -0.112. The van der Waals surface area contributed by atoms with Gasteiger partial charge in [-0.05, 0) is 61.6 Å². The van der Waals surface area contributed by atoms with Gasteiger partial charge >= 0.3 is 0 Å². The summed E-state index contributed by atoms with van der Waals surface area (Å²) in [5, 5.41) is 10.5. The highest BCUT2D eigenvalue weighted by atomic mass is 16.3. The molecule has 1 N–H and O–H groups in total. The lowest BCUT2D eigenvalue weighted by Crippen LogP contribution is -2.24. The van der Waals surface area contributed by atoms with Crippen molar-refractivity contribution in [3.05, 3.63) is 75.9 Å². The first kappa shape index (κ1) is 16.8. The zero-order valence-corrected chi connectivity index (χ0v) is 14.8. The van der Waals surface area contributed by atoms with E-state index in [0.717, 1.165) is 19.3 Å². The third-order valence-electron chi connectivity index (χ3n) is 5.50. The maximum Gasteiger partial charge on any atom is 0.234 e. The van der Waals surface area contributed by atoms with Gasteiger partial charge in [-0.1, -0.05) is 42.5 Å². The van der Waals surface area contributed by atoms with Crippen molar-refractivity contribution >= 4 is 17.3 Å². The molecular weight excluding hydrogens is 324 g/mol. The second kappa shape index (κ2) is 6.91. The number of ketones is 2. The van der Waals surface area contributed by atoms with E-state index in [1.165, 1.54) is 36.0 Å². The number of Topliss-reactive ketones (excluding diaryl/α,β-unsaturated/α-hetero) is 2. The first-order chi connectivity index (χ1) is 12.6. The van der Waals surface area contributed by atoms with Crippen LogP contribution in [-0.4, -0.2) is 16.7 Å². The highest BCUT2D eigenvalue weighted by molar-refractivity contribution is 6.52. The van der Waals surface area contributed by atoms with Crippen LogP contribution in [0.15, 0.2) is 48.0 Å². The van der Waals surface area contributed by atoms with Crippen molar-refractivity contribution in [2.75, 3.05) is 0 Å². The maximum atomic E-state index is 12.4. The second-order valence-corrected chi connectivity index (χ2v) is 7.19. The highest BCUT2D eigenvalue weighted by Gasteiger charge is 2.31. The van der Waals surface area contributed by atoms with Crippen LogP contribution in [0.2, 0.25) is 0 Å². The second-order valence-electron chi connectivity index (χ2n) is 7.19. The molecule has 3 heteroatoms. The average Bonchev–Trinajstić information content (AvgIpc) is 2.69. The summed E-state index contributed by atoms with van der Waals surface area (Å²) >= 11 is 0. The Morgan fingerprint density at radius 1 is 0.808 bits per heavy atom. The Bertz CT molecular complexity index is 921. The van der Waals surface area contributed by atoms with Gasteiger partial charge < -0.3 is 5.11 Å². The molecule has 0 heterocycles. The van der Waals surface area contributed by atoms with Gasteiger partial charge in [-0.15, -0.1) is 0 Å². The molecule has 132 valence electrons. The summed E-state index contributed by atoms with van der Waals surface area (Å²) in [4.78, 5) is 24.6. The lowest BCUT2D eigenvalue weighted by Gasteiger charge is -2.18. The third-order valence-corrected chi connectivity index (χ3v) is 5.50. The van der Waals surface area contributed by atoms with Crippen LogP contribution in [-0.2, 0) is 24.1 Å². The largest absolute Gasteiger partial charge is 0.507 e. The van der Waals surface area contributed by atoms with E-state index in [-0.39, 0.29) is 11.3 Å². The molecule has 0 spiro atoms. The number of hydrogen-bond acceptors (Lipinski definition) is 3. The number of rotatable bonds is 4. The minimum atomic E-state index is -0.563. The van der Waals surface area contributed by atoms with Crippen LogP contribution < -0.4 is 0 Å². The molecule has 0 atom stereocenters. The van der Waals surface area contributed by atoms with Crippen LogP contribution in [0.3, 0.4) is 0 Å². The first-order valence-electron chi connectivity index (χ1n) is 9.36. The van der Waals surface area contributed by atoms with Crippen LogP contribution >= 0.6 is 0 Å². The monoisotopic (exact) mass is 346 g/mol. The van der Waals surface area contributed by atoms with E-state index in [9.17, 15) is 14.7 Å². The lowest BCUT2D eigenvalue weighted by atomic mass is 9.85. The molecule has 3 nitrogen and oxygen atoms in total. The normalized spacial score (nSPS) is 16.5. The number of fused-ring (bicyclic) bond motifs is 2. The molecule has 0 unspecified atom stereocenters.